The van der Waals surface area contributed by atoms with Crippen LogP contribution in [0.4, 0.5) is 0 Å². The highest BCUT2D eigenvalue weighted by molar-refractivity contribution is 7.12. The van der Waals surface area contributed by atoms with E-state index in [1.807, 2.05) is 5.43 Å². The van der Waals surface area contributed by atoms with E-state index in [4.69, 9.17) is 5.84 Å². The minimum Gasteiger partial charge on any atom is -0.312 e. The summed E-state index contributed by atoms with van der Waals surface area (Å²) in [6.07, 6.45) is 3.00. The van der Waals surface area contributed by atoms with Crippen molar-refractivity contribution in [3.05, 3.63) is 55.0 Å². The average molecular weight is 280 g/mol. The summed E-state index contributed by atoms with van der Waals surface area (Å²) < 4.78 is 2.47. The Morgan fingerprint density at radius 1 is 1.37 bits per heavy atom. The largest absolute Gasteiger partial charge is 0.316 e. The topological polar surface area (TPSA) is 99.1 Å². The molecule has 0 aliphatic rings. The third-order valence-electron chi connectivity index (χ3n) is 2.66. The molecule has 0 fully saturated rings. The lowest BCUT2D eigenvalue weighted by Gasteiger charge is -2.06. The van der Waals surface area contributed by atoms with Gasteiger partial charge in [-0.25, -0.2) is 5.84 Å². The molecule has 8 heteroatoms. The van der Waals surface area contributed by atoms with Gasteiger partial charge in [-0.15, -0.1) is 11.3 Å². The number of hydrazine groups is 1. The Morgan fingerprint density at radius 2 is 2.11 bits per heavy atom. The maximum absolute atomic E-state index is 11.8. The molecule has 0 saturated heterocycles. The Hall–Kier alpha value is -2.19. The number of nitrogens with one attached hydrogen (secondary N) is 1. The summed E-state index contributed by atoms with van der Waals surface area (Å²) >= 11 is 1.22. The molecular formula is C11H12N4O3S. The number of nitrogens with two attached hydrogens (primary N) is 1. The molecule has 0 saturated carbocycles. The van der Waals surface area contributed by atoms with Gasteiger partial charge in [0.05, 0.1) is 11.4 Å². The first-order valence-electron chi connectivity index (χ1n) is 5.38. The van der Waals surface area contributed by atoms with Crippen LogP contribution in [0.25, 0.3) is 0 Å². The molecule has 1 amide bonds. The molecule has 2 aromatic rings. The Bertz CT molecular complexity index is 728. The zero-order valence-electron chi connectivity index (χ0n) is 10.1. The van der Waals surface area contributed by atoms with E-state index < -0.39 is 17.0 Å². The lowest BCUT2D eigenvalue weighted by molar-refractivity contribution is 0.0957. The van der Waals surface area contributed by atoms with Gasteiger partial charge in [-0.2, -0.15) is 0 Å². The van der Waals surface area contributed by atoms with Gasteiger partial charge < -0.3 is 9.13 Å². The second-order valence-corrected chi connectivity index (χ2v) is 4.81. The Labute approximate surface area is 111 Å². The molecule has 0 aliphatic carbocycles. The van der Waals surface area contributed by atoms with E-state index in [0.717, 1.165) is 0 Å². The predicted molar refractivity (Wildman–Crippen MR) is 71.0 cm³/mol. The normalized spacial score (nSPS) is 10.4. The fourth-order valence-electron chi connectivity index (χ4n) is 1.62. The quantitative estimate of drug-likeness (QED) is 0.335. The molecule has 0 spiro atoms. The number of aryl methyl sites for hydroxylation is 1. The van der Waals surface area contributed by atoms with Crippen molar-refractivity contribution in [1.82, 2.24) is 14.6 Å². The Kier molecular flexibility index (Phi) is 3.63. The van der Waals surface area contributed by atoms with Crippen molar-refractivity contribution in [2.24, 2.45) is 12.9 Å². The Balaban J connectivity index is 2.41. The van der Waals surface area contributed by atoms with Crippen LogP contribution in [0.5, 0.6) is 0 Å². The molecule has 19 heavy (non-hydrogen) atoms. The van der Waals surface area contributed by atoms with Gasteiger partial charge in [-0.1, -0.05) is 0 Å². The van der Waals surface area contributed by atoms with Gasteiger partial charge in [0, 0.05) is 19.4 Å². The maximum Gasteiger partial charge on any atom is 0.316 e. The van der Waals surface area contributed by atoms with Crippen molar-refractivity contribution >= 4 is 17.2 Å². The molecule has 3 N–H and O–H groups in total. The third kappa shape index (κ3) is 2.49. The number of aromatic nitrogens is 2. The smallest absolute Gasteiger partial charge is 0.312 e. The summed E-state index contributed by atoms with van der Waals surface area (Å²) in [5.41, 5.74) is 1.45. The van der Waals surface area contributed by atoms with Crippen LogP contribution < -0.4 is 22.4 Å². The number of thiophene rings is 1. The van der Waals surface area contributed by atoms with E-state index in [9.17, 15) is 14.4 Å². The lowest BCUT2D eigenvalue weighted by atomic mass is 10.2. The molecule has 2 rings (SSSR count). The molecule has 0 unspecified atom stereocenters. The van der Waals surface area contributed by atoms with Crippen LogP contribution in [0, 0.1) is 0 Å². The fourth-order valence-corrected chi connectivity index (χ4v) is 2.44. The van der Waals surface area contributed by atoms with Crippen molar-refractivity contribution in [2.75, 3.05) is 0 Å². The number of rotatable bonds is 3. The number of hydrogen-bond acceptors (Lipinski definition) is 5. The summed E-state index contributed by atoms with van der Waals surface area (Å²) in [5, 5.41) is 1.73. The molecule has 2 heterocycles. The number of nitrogen functional groups attached to an aromatic ring is 1. The fraction of sp³-hybridized carbons (Fsp3) is 0.182. The monoisotopic (exact) mass is 280 g/mol. The molecule has 0 aliphatic heterocycles. The number of hydrogen-bond donors (Lipinski definition) is 2. The number of nitrogens with zero attached hydrogens (tertiary/aromatic N) is 2. The molecular weight excluding hydrogens is 268 g/mol. The van der Waals surface area contributed by atoms with Crippen molar-refractivity contribution in [3.8, 4) is 0 Å². The molecule has 0 atom stereocenters. The highest BCUT2D eigenvalue weighted by Crippen LogP contribution is 2.17. The predicted octanol–water partition coefficient (Wildman–Crippen LogP) is -0.740. The highest BCUT2D eigenvalue weighted by Gasteiger charge is 2.13. The number of amides is 1. The van der Waals surface area contributed by atoms with E-state index in [2.05, 4.69) is 0 Å². The van der Waals surface area contributed by atoms with Crippen LogP contribution in [-0.2, 0) is 13.6 Å². The number of carbonyl (C=O) groups is 1. The third-order valence-corrected chi connectivity index (χ3v) is 3.61. The van der Waals surface area contributed by atoms with Crippen molar-refractivity contribution in [1.29, 1.82) is 0 Å². The lowest BCUT2D eigenvalue weighted by Crippen LogP contribution is -2.39. The molecule has 0 aromatic carbocycles. The molecule has 100 valence electrons. The standard InChI is InChI=1S/C11H12N4O3S/c1-14-3-4-15(11(18)10(14)17)6-7-2-5-19-8(7)9(16)13-12/h2-5H,6,12H2,1H3,(H,13,16). The van der Waals surface area contributed by atoms with Gasteiger partial charge in [0.25, 0.3) is 5.91 Å². The SMILES string of the molecule is Cn1ccn(Cc2ccsc2C(=O)NN)c(=O)c1=O. The van der Waals surface area contributed by atoms with Crippen LogP contribution in [0.3, 0.4) is 0 Å². The molecule has 0 bridgehead atoms. The second-order valence-electron chi connectivity index (χ2n) is 3.90. The van der Waals surface area contributed by atoms with Gasteiger partial charge in [0.2, 0.25) is 0 Å². The zero-order valence-corrected chi connectivity index (χ0v) is 10.9. The first kappa shape index (κ1) is 13.2. The van der Waals surface area contributed by atoms with E-state index in [1.54, 1.807) is 11.4 Å². The summed E-state index contributed by atoms with van der Waals surface area (Å²) in [7, 11) is 1.51. The van der Waals surface area contributed by atoms with E-state index in [0.29, 0.717) is 10.4 Å². The zero-order chi connectivity index (χ0) is 14.0. The first-order chi connectivity index (χ1) is 9.04. The Morgan fingerprint density at radius 3 is 2.79 bits per heavy atom. The molecule has 0 radical (unpaired) electrons. The van der Waals surface area contributed by atoms with Gasteiger partial charge in [0.1, 0.15) is 0 Å². The van der Waals surface area contributed by atoms with Gasteiger partial charge in [-0.05, 0) is 17.0 Å². The number of carbonyl (C=O) groups excluding carboxylic acids is 1. The van der Waals surface area contributed by atoms with Crippen LogP contribution in [0.1, 0.15) is 15.2 Å². The van der Waals surface area contributed by atoms with Crippen molar-refractivity contribution in [2.45, 2.75) is 6.54 Å². The summed E-state index contributed by atoms with van der Waals surface area (Å²) in [5.74, 6) is 4.67. The highest BCUT2D eigenvalue weighted by atomic mass is 32.1. The minimum absolute atomic E-state index is 0.154. The van der Waals surface area contributed by atoms with E-state index in [-0.39, 0.29) is 6.54 Å². The first-order valence-corrected chi connectivity index (χ1v) is 6.26. The molecule has 2 aromatic heterocycles. The van der Waals surface area contributed by atoms with Gasteiger partial charge in [0.15, 0.2) is 0 Å². The molecule has 7 nitrogen and oxygen atoms in total. The summed E-state index contributed by atoms with van der Waals surface area (Å²) in [4.78, 5) is 35.2. The van der Waals surface area contributed by atoms with E-state index >= 15 is 0 Å². The van der Waals surface area contributed by atoms with Crippen LogP contribution >= 0.6 is 11.3 Å². The average Bonchev–Trinajstić information content (AvgIpc) is 2.87. The van der Waals surface area contributed by atoms with E-state index in [1.165, 1.54) is 39.9 Å². The van der Waals surface area contributed by atoms with Crippen LogP contribution in [0.2, 0.25) is 0 Å². The summed E-state index contributed by atoms with van der Waals surface area (Å²) in [6.45, 7) is 0.154. The second kappa shape index (κ2) is 5.21. The van der Waals surface area contributed by atoms with Crippen molar-refractivity contribution in [3.63, 3.8) is 0 Å². The minimum atomic E-state index is -0.629. The van der Waals surface area contributed by atoms with Gasteiger partial charge in [-0.3, -0.25) is 19.8 Å². The van der Waals surface area contributed by atoms with Gasteiger partial charge >= 0.3 is 11.1 Å². The van der Waals surface area contributed by atoms with Crippen LogP contribution in [-0.4, -0.2) is 15.0 Å². The van der Waals surface area contributed by atoms with Crippen LogP contribution in [0.15, 0.2) is 33.4 Å². The summed E-state index contributed by atoms with van der Waals surface area (Å²) in [6, 6.07) is 1.72. The maximum atomic E-state index is 11.8. The van der Waals surface area contributed by atoms with Crippen molar-refractivity contribution < 1.29 is 4.79 Å².